The minimum absolute atomic E-state index is 0.117. The van der Waals surface area contributed by atoms with Gasteiger partial charge in [0.25, 0.3) is 0 Å². The number of hydrogen-bond acceptors (Lipinski definition) is 4. The monoisotopic (exact) mass is 235 g/mol. The Hall–Kier alpha value is -1.75. The Bertz CT molecular complexity index is 481. The second-order valence-corrected chi connectivity index (χ2v) is 3.95. The van der Waals surface area contributed by atoms with Gasteiger partial charge >= 0.3 is 0 Å². The lowest BCUT2D eigenvalue weighted by Gasteiger charge is -2.13. The molecular weight excluding hydrogens is 221 g/mol. The molecule has 1 aromatic heterocycles. The Morgan fingerprint density at radius 1 is 1.29 bits per heavy atom. The van der Waals surface area contributed by atoms with Crippen molar-refractivity contribution >= 4 is 0 Å². The van der Waals surface area contributed by atoms with Gasteiger partial charge in [-0.2, -0.15) is 0 Å². The molecule has 2 rings (SSSR count). The molecule has 1 N–H and O–H groups in total. The average Bonchev–Trinajstić information content (AvgIpc) is 2.73. The second kappa shape index (κ2) is 5.05. The normalized spacial score (nSPS) is 12.6. The number of aryl methyl sites for hydroxylation is 1. The lowest BCUT2D eigenvalue weighted by atomic mass is 10.1. The van der Waals surface area contributed by atoms with E-state index in [1.165, 1.54) is 12.1 Å². The van der Waals surface area contributed by atoms with E-state index >= 15 is 0 Å². The molecule has 0 aliphatic heterocycles. The van der Waals surface area contributed by atoms with E-state index < -0.39 is 0 Å². The molecule has 0 unspecified atom stereocenters. The van der Waals surface area contributed by atoms with E-state index in [0.29, 0.717) is 6.54 Å². The third kappa shape index (κ3) is 2.88. The van der Waals surface area contributed by atoms with Gasteiger partial charge in [0.2, 0.25) is 0 Å². The van der Waals surface area contributed by atoms with E-state index in [2.05, 4.69) is 20.3 Å². The number of aromatic nitrogens is 2. The van der Waals surface area contributed by atoms with Crippen LogP contribution in [0, 0.1) is 12.7 Å². The molecule has 0 radical (unpaired) electrons. The molecule has 0 aliphatic carbocycles. The molecule has 90 valence electrons. The summed E-state index contributed by atoms with van der Waals surface area (Å²) in [6.45, 7) is 4.43. The van der Waals surface area contributed by atoms with Crippen molar-refractivity contribution in [1.29, 1.82) is 0 Å². The van der Waals surface area contributed by atoms with Gasteiger partial charge in [0.1, 0.15) is 17.2 Å². The first-order valence-electron chi connectivity index (χ1n) is 5.43. The highest BCUT2D eigenvalue weighted by atomic mass is 19.1. The van der Waals surface area contributed by atoms with Gasteiger partial charge in [-0.15, -0.1) is 0 Å². The first-order valence-corrected chi connectivity index (χ1v) is 5.43. The quantitative estimate of drug-likeness (QED) is 0.883. The van der Waals surface area contributed by atoms with Crippen LogP contribution in [0.3, 0.4) is 0 Å². The summed E-state index contributed by atoms with van der Waals surface area (Å²) in [5.74, 6) is -0.225. The van der Waals surface area contributed by atoms with E-state index in [9.17, 15) is 4.39 Å². The van der Waals surface area contributed by atoms with Crippen molar-refractivity contribution in [3.8, 4) is 0 Å². The van der Waals surface area contributed by atoms with Crippen LogP contribution in [0.5, 0.6) is 0 Å². The molecule has 1 heterocycles. The molecule has 0 fully saturated rings. The lowest BCUT2D eigenvalue weighted by molar-refractivity contribution is 0.300. The van der Waals surface area contributed by atoms with E-state index in [0.717, 1.165) is 17.0 Å². The van der Waals surface area contributed by atoms with E-state index in [1.807, 2.05) is 13.8 Å². The van der Waals surface area contributed by atoms with Crippen molar-refractivity contribution in [2.45, 2.75) is 26.4 Å². The summed E-state index contributed by atoms with van der Waals surface area (Å²) in [6, 6.07) is 6.56. The van der Waals surface area contributed by atoms with Gasteiger partial charge in [-0.25, -0.2) is 9.02 Å². The summed E-state index contributed by atoms with van der Waals surface area (Å²) in [6.07, 6.45) is 0. The Morgan fingerprint density at radius 2 is 2.00 bits per heavy atom. The van der Waals surface area contributed by atoms with Crippen LogP contribution in [0.2, 0.25) is 0 Å². The predicted octanol–water partition coefficient (Wildman–Crippen LogP) is 2.37. The highest BCUT2D eigenvalue weighted by molar-refractivity contribution is 5.19. The maximum atomic E-state index is 12.8. The number of nitrogens with one attached hydrogen (secondary N) is 1. The molecule has 0 bridgehead atoms. The third-order valence-electron chi connectivity index (χ3n) is 2.69. The molecule has 0 saturated carbocycles. The smallest absolute Gasteiger partial charge is 0.123 e. The van der Waals surface area contributed by atoms with Crippen LogP contribution in [-0.2, 0) is 6.54 Å². The minimum Gasteiger partial charge on any atom is -0.304 e. The van der Waals surface area contributed by atoms with Gasteiger partial charge in [-0.05, 0) is 31.5 Å². The maximum Gasteiger partial charge on any atom is 0.123 e. The summed E-state index contributed by atoms with van der Waals surface area (Å²) in [5, 5.41) is 10.8. The molecule has 0 saturated heterocycles. The molecule has 0 aliphatic rings. The molecule has 0 spiro atoms. The van der Waals surface area contributed by atoms with Crippen LogP contribution in [0.1, 0.15) is 29.9 Å². The summed E-state index contributed by atoms with van der Waals surface area (Å²) < 4.78 is 17.4. The third-order valence-corrected chi connectivity index (χ3v) is 2.69. The van der Waals surface area contributed by atoms with Crippen molar-refractivity contribution in [1.82, 2.24) is 15.6 Å². The van der Waals surface area contributed by atoms with Gasteiger partial charge in [0.05, 0.1) is 0 Å². The number of halogens is 1. The summed E-state index contributed by atoms with van der Waals surface area (Å²) in [7, 11) is 0. The average molecular weight is 235 g/mol. The number of hydrogen-bond donors (Lipinski definition) is 1. The molecule has 0 amide bonds. The zero-order valence-corrected chi connectivity index (χ0v) is 9.77. The van der Waals surface area contributed by atoms with Gasteiger partial charge in [0.15, 0.2) is 0 Å². The summed E-state index contributed by atoms with van der Waals surface area (Å²) in [4.78, 5) is 0. The van der Waals surface area contributed by atoms with Gasteiger partial charge in [0, 0.05) is 12.6 Å². The Labute approximate surface area is 98.8 Å². The Morgan fingerprint density at radius 3 is 2.59 bits per heavy atom. The van der Waals surface area contributed by atoms with Gasteiger partial charge < -0.3 is 5.32 Å². The minimum atomic E-state index is -0.225. The summed E-state index contributed by atoms with van der Waals surface area (Å²) in [5.41, 5.74) is 2.60. The highest BCUT2D eigenvalue weighted by Crippen LogP contribution is 2.13. The second-order valence-electron chi connectivity index (χ2n) is 3.95. The number of nitrogens with zero attached hydrogens (tertiary/aromatic N) is 2. The molecular formula is C12H14FN3O. The number of benzene rings is 1. The maximum absolute atomic E-state index is 12.8. The fraction of sp³-hybridized carbons (Fsp3) is 0.333. The molecule has 2 aromatic rings. The van der Waals surface area contributed by atoms with Crippen LogP contribution < -0.4 is 5.32 Å². The molecule has 1 atom stereocenters. The largest absolute Gasteiger partial charge is 0.304 e. The zero-order chi connectivity index (χ0) is 12.3. The number of rotatable bonds is 4. The van der Waals surface area contributed by atoms with Gasteiger partial charge in [-0.3, -0.25) is 0 Å². The predicted molar refractivity (Wildman–Crippen MR) is 60.7 cm³/mol. The summed E-state index contributed by atoms with van der Waals surface area (Å²) >= 11 is 0. The Kier molecular flexibility index (Phi) is 3.49. The molecule has 17 heavy (non-hydrogen) atoms. The molecule has 1 aromatic carbocycles. The fourth-order valence-electron chi connectivity index (χ4n) is 1.53. The van der Waals surface area contributed by atoms with Crippen molar-refractivity contribution in [2.75, 3.05) is 0 Å². The fourth-order valence-corrected chi connectivity index (χ4v) is 1.53. The van der Waals surface area contributed by atoms with E-state index in [1.54, 1.807) is 12.1 Å². The topological polar surface area (TPSA) is 51.0 Å². The van der Waals surface area contributed by atoms with E-state index in [-0.39, 0.29) is 11.9 Å². The van der Waals surface area contributed by atoms with Crippen LogP contribution in [0.4, 0.5) is 4.39 Å². The van der Waals surface area contributed by atoms with E-state index in [4.69, 9.17) is 0 Å². The van der Waals surface area contributed by atoms with Crippen LogP contribution in [0.25, 0.3) is 0 Å². The standard InChI is InChI=1S/C12H14FN3O/c1-8(10-3-5-11(13)6-4-10)14-7-12-9(2)15-17-16-12/h3-6,8,14H,7H2,1-2H3/t8-/m0/s1. The molecule has 4 nitrogen and oxygen atoms in total. The van der Waals surface area contributed by atoms with Crippen LogP contribution >= 0.6 is 0 Å². The van der Waals surface area contributed by atoms with Crippen molar-refractivity contribution < 1.29 is 9.02 Å². The zero-order valence-electron chi connectivity index (χ0n) is 9.77. The first-order chi connectivity index (χ1) is 8.16. The molecule has 5 heteroatoms. The lowest BCUT2D eigenvalue weighted by Crippen LogP contribution is -2.18. The highest BCUT2D eigenvalue weighted by Gasteiger charge is 2.08. The van der Waals surface area contributed by atoms with Crippen molar-refractivity contribution in [3.05, 3.63) is 47.0 Å². The van der Waals surface area contributed by atoms with Crippen LogP contribution in [-0.4, -0.2) is 10.3 Å². The SMILES string of the molecule is Cc1nonc1CN[C@@H](C)c1ccc(F)cc1. The van der Waals surface area contributed by atoms with Crippen molar-refractivity contribution in [3.63, 3.8) is 0 Å². The Balaban J connectivity index is 1.95. The van der Waals surface area contributed by atoms with Gasteiger partial charge in [-0.1, -0.05) is 22.4 Å². The van der Waals surface area contributed by atoms with Crippen molar-refractivity contribution in [2.24, 2.45) is 0 Å². The van der Waals surface area contributed by atoms with Crippen LogP contribution in [0.15, 0.2) is 28.9 Å². The first kappa shape index (κ1) is 11.7.